The van der Waals surface area contributed by atoms with Gasteiger partial charge in [0, 0.05) is 13.1 Å². The zero-order valence-electron chi connectivity index (χ0n) is 32.5. The number of nitrogens with zero attached hydrogens (tertiary/aromatic N) is 1. The van der Waals surface area contributed by atoms with E-state index in [2.05, 4.69) is 26.3 Å². The van der Waals surface area contributed by atoms with Gasteiger partial charge in [0.05, 0.1) is 11.7 Å². The predicted molar refractivity (Wildman–Crippen MR) is 191 cm³/mol. The van der Waals surface area contributed by atoms with Crippen molar-refractivity contribution in [2.24, 2.45) is 16.5 Å². The molecular formula is C34H65N7O9. The van der Waals surface area contributed by atoms with Crippen molar-refractivity contribution in [2.45, 2.75) is 169 Å². The van der Waals surface area contributed by atoms with Crippen LogP contribution < -0.4 is 32.7 Å². The van der Waals surface area contributed by atoms with Crippen LogP contribution in [0, 0.1) is 0 Å². The molecule has 0 aliphatic carbocycles. The molecule has 4 atom stereocenters. The molecule has 0 unspecified atom stereocenters. The normalized spacial score (nSPS) is 14.6. The van der Waals surface area contributed by atoms with Gasteiger partial charge in [-0.1, -0.05) is 0 Å². The lowest BCUT2D eigenvalue weighted by Gasteiger charge is -2.33. The Morgan fingerprint density at radius 2 is 1.10 bits per heavy atom. The molecule has 16 heteroatoms. The van der Waals surface area contributed by atoms with Gasteiger partial charge in [-0.15, -0.1) is 0 Å². The zero-order chi connectivity index (χ0) is 39.1. The molecule has 8 N–H and O–H groups in total. The number of aliphatic imine (C=N–C) groups is 1. The third kappa shape index (κ3) is 23.5. The molecule has 290 valence electrons. The highest BCUT2D eigenvalue weighted by molar-refractivity contribution is 5.93. The van der Waals surface area contributed by atoms with E-state index in [0.717, 1.165) is 0 Å². The maximum absolute atomic E-state index is 13.8. The maximum atomic E-state index is 13.8. The van der Waals surface area contributed by atoms with Crippen molar-refractivity contribution in [1.29, 1.82) is 0 Å². The van der Waals surface area contributed by atoms with Crippen LogP contribution in [0.25, 0.3) is 0 Å². The van der Waals surface area contributed by atoms with E-state index in [1.54, 1.807) is 69.2 Å². The topological polar surface area (TPSA) is 235 Å². The van der Waals surface area contributed by atoms with E-state index >= 15 is 0 Å². The number of nitrogens with one attached hydrogen (secondary N) is 4. The van der Waals surface area contributed by atoms with Crippen LogP contribution >= 0.6 is 0 Å². The van der Waals surface area contributed by atoms with Crippen LogP contribution in [0.5, 0.6) is 0 Å². The predicted octanol–water partition coefficient (Wildman–Crippen LogP) is 3.14. The summed E-state index contributed by atoms with van der Waals surface area (Å²) >= 11 is 0. The van der Waals surface area contributed by atoms with E-state index in [0.29, 0.717) is 19.3 Å². The van der Waals surface area contributed by atoms with E-state index in [4.69, 9.17) is 30.4 Å². The second kappa shape index (κ2) is 20.1. The minimum atomic E-state index is -1.22. The first-order chi connectivity index (χ1) is 22.6. The maximum Gasteiger partial charge on any atom is 0.408 e. The Bertz CT molecular complexity index is 1150. The van der Waals surface area contributed by atoms with Gasteiger partial charge in [-0.05, 0) is 122 Å². The molecule has 0 fully saturated rings. The van der Waals surface area contributed by atoms with Crippen LogP contribution in [0.15, 0.2) is 4.99 Å². The lowest BCUT2D eigenvalue weighted by molar-refractivity contribution is -0.166. The molecule has 16 nitrogen and oxygen atoms in total. The molecule has 0 bridgehead atoms. The average Bonchev–Trinajstić information content (AvgIpc) is 2.87. The molecule has 0 saturated heterocycles. The summed E-state index contributed by atoms with van der Waals surface area (Å²) in [5, 5.41) is 10.7. The summed E-state index contributed by atoms with van der Waals surface area (Å²) in [6, 6.07) is -3.49. The Kier molecular flexibility index (Phi) is 18.6. The van der Waals surface area contributed by atoms with Crippen molar-refractivity contribution >= 4 is 35.9 Å². The van der Waals surface area contributed by atoms with Gasteiger partial charge in [-0.2, -0.15) is 0 Å². The number of rotatable bonds is 17. The standard InChI is InChI=1S/C34H65N7O9/c1-21(47-31(2,3)4)24(27(44)48-32(5,6)7)41-26(43)22(18-16-20-37-28(35)36)39-25(42)23(40-30(46)50-34(11,12)13)17-14-15-19-38-29(45)49-33(8,9)10/h21-24H,14-20H2,1-13H3,(H,38,45)(H,39,42)(H,40,46)(H,41,43)(H4,35,36,37)/t21-,22+,23+,24+/m1/s1. The Morgan fingerprint density at radius 1 is 0.620 bits per heavy atom. The molecule has 50 heavy (non-hydrogen) atoms. The number of carbonyl (C=O) groups is 5. The smallest absolute Gasteiger partial charge is 0.408 e. The Hall–Kier alpha value is -3.82. The number of alkyl carbamates (subject to hydrolysis) is 2. The van der Waals surface area contributed by atoms with Gasteiger partial charge in [0.25, 0.3) is 0 Å². The highest BCUT2D eigenvalue weighted by Crippen LogP contribution is 2.17. The van der Waals surface area contributed by atoms with Crippen molar-refractivity contribution in [3.8, 4) is 0 Å². The first-order valence-corrected chi connectivity index (χ1v) is 17.1. The molecule has 0 aromatic heterocycles. The minimum absolute atomic E-state index is 0.0862. The van der Waals surface area contributed by atoms with Crippen LogP contribution in [0.3, 0.4) is 0 Å². The summed E-state index contributed by atoms with van der Waals surface area (Å²) in [5.41, 5.74) is 7.92. The Morgan fingerprint density at radius 3 is 1.60 bits per heavy atom. The van der Waals surface area contributed by atoms with Crippen LogP contribution in [0.2, 0.25) is 0 Å². The average molecular weight is 716 g/mol. The summed E-state index contributed by atoms with van der Waals surface area (Å²) in [5.74, 6) is -2.18. The Labute approximate surface area is 298 Å². The fourth-order valence-corrected chi connectivity index (χ4v) is 4.35. The SMILES string of the molecule is C[C@@H](OC(C)(C)C)[C@H](NC(=O)[C@H](CCCN=C(N)N)NC(=O)[C@H](CCCCNC(=O)OC(C)(C)C)NC(=O)OC(C)(C)C)C(=O)OC(C)(C)C. The van der Waals surface area contributed by atoms with Crippen molar-refractivity contribution in [3.63, 3.8) is 0 Å². The number of hydrogen-bond acceptors (Lipinski definition) is 10. The van der Waals surface area contributed by atoms with Crippen molar-refractivity contribution in [3.05, 3.63) is 0 Å². The van der Waals surface area contributed by atoms with E-state index < -0.39 is 76.6 Å². The van der Waals surface area contributed by atoms with Crippen LogP contribution in [0.4, 0.5) is 9.59 Å². The highest BCUT2D eigenvalue weighted by Gasteiger charge is 2.36. The molecule has 0 saturated carbocycles. The molecule has 0 radical (unpaired) electrons. The number of carbonyl (C=O) groups excluding carboxylic acids is 5. The van der Waals surface area contributed by atoms with Crippen molar-refractivity contribution < 1.29 is 42.9 Å². The lowest BCUT2D eigenvalue weighted by Crippen LogP contribution is -2.59. The molecule has 4 amide bonds. The van der Waals surface area contributed by atoms with Gasteiger partial charge in [0.1, 0.15) is 28.9 Å². The first-order valence-electron chi connectivity index (χ1n) is 17.1. The monoisotopic (exact) mass is 715 g/mol. The van der Waals surface area contributed by atoms with E-state index in [-0.39, 0.29) is 31.9 Å². The Balaban J connectivity index is 6.15. The van der Waals surface area contributed by atoms with Gasteiger partial charge in [0.2, 0.25) is 11.8 Å². The number of esters is 1. The quantitative estimate of drug-likeness (QED) is 0.0421. The summed E-state index contributed by atoms with van der Waals surface area (Å²) < 4.78 is 22.2. The summed E-state index contributed by atoms with van der Waals surface area (Å²) in [4.78, 5) is 69.5. The third-order valence-corrected chi connectivity index (χ3v) is 6.14. The highest BCUT2D eigenvalue weighted by atomic mass is 16.6. The zero-order valence-corrected chi connectivity index (χ0v) is 32.5. The second-order valence-corrected chi connectivity index (χ2v) is 16.1. The number of guanidine groups is 1. The van der Waals surface area contributed by atoms with Crippen molar-refractivity contribution in [1.82, 2.24) is 21.3 Å². The van der Waals surface area contributed by atoms with Crippen molar-refractivity contribution in [2.75, 3.05) is 13.1 Å². The summed E-state index contributed by atoms with van der Waals surface area (Å²) in [7, 11) is 0. The molecule has 0 aromatic carbocycles. The van der Waals surface area contributed by atoms with Crippen LogP contribution in [-0.4, -0.2) is 95.7 Å². The van der Waals surface area contributed by atoms with Gasteiger partial charge in [0.15, 0.2) is 12.0 Å². The number of ether oxygens (including phenoxy) is 4. The molecule has 0 aliphatic heterocycles. The molecule has 0 spiro atoms. The van der Waals surface area contributed by atoms with Crippen LogP contribution in [0.1, 0.15) is 122 Å². The summed E-state index contributed by atoms with van der Waals surface area (Å²) in [6.45, 7) is 23.0. The number of unbranched alkanes of at least 4 members (excludes halogenated alkanes) is 1. The lowest BCUT2D eigenvalue weighted by atomic mass is 10.0. The summed E-state index contributed by atoms with van der Waals surface area (Å²) in [6.07, 6.45) is -0.789. The van der Waals surface area contributed by atoms with Gasteiger partial charge < -0.3 is 51.7 Å². The molecular weight excluding hydrogens is 650 g/mol. The molecule has 0 aliphatic rings. The fraction of sp³-hybridized carbons (Fsp3) is 0.824. The fourth-order valence-electron chi connectivity index (χ4n) is 4.35. The van der Waals surface area contributed by atoms with Gasteiger partial charge in [-0.25, -0.2) is 14.4 Å². The van der Waals surface area contributed by atoms with Gasteiger partial charge in [-0.3, -0.25) is 14.6 Å². The molecule has 0 heterocycles. The molecule has 0 rings (SSSR count). The van der Waals surface area contributed by atoms with E-state index in [1.807, 2.05) is 20.8 Å². The van der Waals surface area contributed by atoms with E-state index in [9.17, 15) is 24.0 Å². The van der Waals surface area contributed by atoms with Crippen LogP contribution in [-0.2, 0) is 33.3 Å². The number of nitrogens with two attached hydrogens (primary N) is 2. The number of amides is 4. The third-order valence-electron chi connectivity index (χ3n) is 6.14. The molecule has 0 aromatic rings. The number of hydrogen-bond donors (Lipinski definition) is 6. The second-order valence-electron chi connectivity index (χ2n) is 16.1. The van der Waals surface area contributed by atoms with E-state index in [1.165, 1.54) is 0 Å². The first kappa shape index (κ1) is 46.2. The minimum Gasteiger partial charge on any atom is -0.458 e. The largest absolute Gasteiger partial charge is 0.458 e. The van der Waals surface area contributed by atoms with Gasteiger partial charge >= 0.3 is 18.2 Å².